The lowest BCUT2D eigenvalue weighted by Gasteiger charge is -2.34. The quantitative estimate of drug-likeness (QED) is 0.459. The van der Waals surface area contributed by atoms with E-state index in [1.165, 1.54) is 0 Å². The molecule has 0 bridgehead atoms. The fourth-order valence-corrected chi connectivity index (χ4v) is 4.28. The van der Waals surface area contributed by atoms with Gasteiger partial charge in [0.15, 0.2) is 0 Å². The van der Waals surface area contributed by atoms with Gasteiger partial charge in [0.25, 0.3) is 0 Å². The number of rotatable bonds is 5. The number of aromatic nitrogens is 1. The summed E-state index contributed by atoms with van der Waals surface area (Å²) < 4.78 is 12.8. The van der Waals surface area contributed by atoms with Gasteiger partial charge in [0.1, 0.15) is 17.3 Å². The van der Waals surface area contributed by atoms with E-state index in [0.717, 1.165) is 45.2 Å². The highest BCUT2D eigenvalue weighted by Gasteiger charge is 2.29. The molecule has 1 atom stereocenters. The Kier molecular flexibility index (Phi) is 5.29. The largest absolute Gasteiger partial charge is 0.497 e. The number of hydrogen-bond donors (Lipinski definition) is 1. The molecule has 0 radical (unpaired) electrons. The van der Waals surface area contributed by atoms with Gasteiger partial charge in [0.2, 0.25) is 0 Å². The van der Waals surface area contributed by atoms with Gasteiger partial charge in [-0.3, -0.25) is 4.99 Å². The maximum atomic E-state index is 10.7. The van der Waals surface area contributed by atoms with Crippen LogP contribution in [0.5, 0.6) is 11.5 Å². The molecule has 0 amide bonds. The molecule has 162 valence electrons. The maximum Gasteiger partial charge on any atom is 0.123 e. The third-order valence-electron chi connectivity index (χ3n) is 5.82. The van der Waals surface area contributed by atoms with E-state index in [1.54, 1.807) is 14.2 Å². The van der Waals surface area contributed by atoms with Crippen LogP contribution in [0.1, 0.15) is 5.56 Å². The van der Waals surface area contributed by atoms with Crippen LogP contribution in [0.2, 0.25) is 0 Å². The number of para-hydroxylation sites is 1. The smallest absolute Gasteiger partial charge is 0.123 e. The first kappa shape index (κ1) is 20.2. The molecule has 5 rings (SSSR count). The van der Waals surface area contributed by atoms with Crippen molar-refractivity contribution in [1.29, 1.82) is 0 Å². The van der Waals surface area contributed by atoms with E-state index >= 15 is 0 Å². The molecule has 1 unspecified atom stereocenters. The van der Waals surface area contributed by atoms with Gasteiger partial charge in [-0.15, -0.1) is 0 Å². The van der Waals surface area contributed by atoms with Crippen LogP contribution < -0.4 is 14.4 Å². The van der Waals surface area contributed by atoms with Gasteiger partial charge in [-0.05, 0) is 54.6 Å². The van der Waals surface area contributed by atoms with Crippen LogP contribution in [0.4, 0.5) is 17.2 Å². The fraction of sp³-hybridized carbons (Fsp3) is 0.192. The number of hydrogen-bond acceptors (Lipinski definition) is 5. The van der Waals surface area contributed by atoms with Crippen LogP contribution in [-0.4, -0.2) is 42.8 Å². The van der Waals surface area contributed by atoms with Crippen LogP contribution in [0.25, 0.3) is 10.9 Å². The second-order valence-corrected chi connectivity index (χ2v) is 7.78. The van der Waals surface area contributed by atoms with Gasteiger partial charge in [-0.2, -0.15) is 0 Å². The van der Waals surface area contributed by atoms with E-state index in [0.29, 0.717) is 13.1 Å². The molecule has 6 nitrogen and oxygen atoms in total. The molecule has 1 aromatic heterocycles. The van der Waals surface area contributed by atoms with E-state index in [-0.39, 0.29) is 0 Å². The van der Waals surface area contributed by atoms with Crippen molar-refractivity contribution in [2.45, 2.75) is 12.6 Å². The second kappa shape index (κ2) is 8.40. The zero-order valence-electron chi connectivity index (χ0n) is 18.1. The van der Waals surface area contributed by atoms with Crippen molar-refractivity contribution in [1.82, 2.24) is 4.57 Å². The van der Waals surface area contributed by atoms with E-state index in [2.05, 4.69) is 21.6 Å². The number of methoxy groups -OCH3 is 2. The summed E-state index contributed by atoms with van der Waals surface area (Å²) >= 11 is 0. The second-order valence-electron chi connectivity index (χ2n) is 7.78. The summed E-state index contributed by atoms with van der Waals surface area (Å²) in [5.74, 6) is 2.63. The van der Waals surface area contributed by atoms with E-state index < -0.39 is 6.10 Å². The number of ether oxygens (including phenoxy) is 2. The Hall–Kier alpha value is -3.77. The number of aliphatic imine (C=N–C) groups is 1. The standard InChI is InChI=1S/C26H25N3O3/c1-31-21-11-7-18(8-12-21)27-15-24-23-5-3-4-6-25(23)29-17-20(30)16-28(26(24)29)19-9-13-22(32-2)14-10-19/h3-15,20,30H,16-17H2,1-2H3. The summed E-state index contributed by atoms with van der Waals surface area (Å²) in [6.45, 7) is 1.05. The molecule has 2 heterocycles. The summed E-state index contributed by atoms with van der Waals surface area (Å²) in [6.07, 6.45) is 1.44. The molecule has 1 aliphatic heterocycles. The van der Waals surface area contributed by atoms with Crippen LogP contribution in [0.3, 0.4) is 0 Å². The molecule has 1 aliphatic rings. The van der Waals surface area contributed by atoms with E-state index in [1.807, 2.05) is 66.9 Å². The maximum absolute atomic E-state index is 10.7. The first-order valence-electron chi connectivity index (χ1n) is 10.6. The highest BCUT2D eigenvalue weighted by Crippen LogP contribution is 2.39. The third kappa shape index (κ3) is 3.59. The van der Waals surface area contributed by atoms with Crippen molar-refractivity contribution in [2.24, 2.45) is 4.99 Å². The Morgan fingerprint density at radius 2 is 1.53 bits per heavy atom. The zero-order chi connectivity index (χ0) is 22.1. The summed E-state index contributed by atoms with van der Waals surface area (Å²) in [5.41, 5.74) is 3.95. The van der Waals surface area contributed by atoms with Gasteiger partial charge in [0, 0.05) is 22.9 Å². The summed E-state index contributed by atoms with van der Waals surface area (Å²) in [5, 5.41) is 11.8. The minimum atomic E-state index is -0.480. The molecule has 4 aromatic rings. The lowest BCUT2D eigenvalue weighted by molar-refractivity contribution is 0.155. The Morgan fingerprint density at radius 1 is 0.875 bits per heavy atom. The predicted molar refractivity (Wildman–Crippen MR) is 128 cm³/mol. The number of aliphatic hydroxyl groups excluding tert-OH is 1. The van der Waals surface area contributed by atoms with E-state index in [9.17, 15) is 5.11 Å². The molecule has 0 saturated carbocycles. The van der Waals surface area contributed by atoms with Crippen molar-refractivity contribution >= 4 is 34.3 Å². The molecular weight excluding hydrogens is 402 g/mol. The first-order valence-corrected chi connectivity index (χ1v) is 10.6. The Labute approximate surface area is 187 Å². The zero-order valence-corrected chi connectivity index (χ0v) is 18.1. The molecule has 3 aromatic carbocycles. The number of benzene rings is 3. The van der Waals surface area contributed by atoms with Crippen molar-refractivity contribution < 1.29 is 14.6 Å². The molecule has 1 N–H and O–H groups in total. The average molecular weight is 428 g/mol. The SMILES string of the molecule is COc1ccc(N=Cc2c3n(c4ccccc24)CC(O)CN3c2ccc(OC)cc2)cc1. The molecule has 0 saturated heterocycles. The molecule has 0 fully saturated rings. The third-order valence-corrected chi connectivity index (χ3v) is 5.82. The molecule has 0 aliphatic carbocycles. The average Bonchev–Trinajstić information content (AvgIpc) is 3.16. The Bertz CT molecular complexity index is 1260. The number of aliphatic hydroxyl groups is 1. The molecule has 32 heavy (non-hydrogen) atoms. The van der Waals surface area contributed by atoms with Gasteiger partial charge in [-0.1, -0.05) is 18.2 Å². The van der Waals surface area contributed by atoms with Gasteiger partial charge in [-0.25, -0.2) is 0 Å². The number of fused-ring (bicyclic) bond motifs is 3. The highest BCUT2D eigenvalue weighted by molar-refractivity contribution is 6.07. The Morgan fingerprint density at radius 3 is 2.22 bits per heavy atom. The summed E-state index contributed by atoms with van der Waals surface area (Å²) in [7, 11) is 3.31. The van der Waals surface area contributed by atoms with Crippen LogP contribution in [-0.2, 0) is 6.54 Å². The Balaban J connectivity index is 1.65. The van der Waals surface area contributed by atoms with Gasteiger partial charge in [0.05, 0.1) is 44.6 Å². The van der Waals surface area contributed by atoms with Crippen LogP contribution in [0, 0.1) is 0 Å². The fourth-order valence-electron chi connectivity index (χ4n) is 4.28. The van der Waals surface area contributed by atoms with Crippen molar-refractivity contribution in [3.63, 3.8) is 0 Å². The van der Waals surface area contributed by atoms with Crippen molar-refractivity contribution in [2.75, 3.05) is 25.7 Å². The lowest BCUT2D eigenvalue weighted by atomic mass is 10.1. The number of nitrogens with zero attached hydrogens (tertiary/aromatic N) is 3. The van der Waals surface area contributed by atoms with Gasteiger partial charge < -0.3 is 24.0 Å². The van der Waals surface area contributed by atoms with Crippen molar-refractivity contribution in [3.05, 3.63) is 78.4 Å². The number of β-amino-alcohol motifs (C(OH)–C–C–N with tert-alkyl or cyclic N) is 1. The first-order chi connectivity index (χ1) is 15.7. The summed E-state index contributed by atoms with van der Waals surface area (Å²) in [4.78, 5) is 6.91. The summed E-state index contributed by atoms with van der Waals surface area (Å²) in [6, 6.07) is 23.8. The molecular formula is C26H25N3O3. The van der Waals surface area contributed by atoms with Crippen LogP contribution in [0.15, 0.2) is 77.8 Å². The molecule has 6 heteroatoms. The predicted octanol–water partition coefficient (Wildman–Crippen LogP) is 4.92. The van der Waals surface area contributed by atoms with Crippen molar-refractivity contribution in [3.8, 4) is 11.5 Å². The minimum absolute atomic E-state index is 0.480. The number of anilines is 2. The minimum Gasteiger partial charge on any atom is -0.497 e. The topological polar surface area (TPSA) is 59.2 Å². The lowest BCUT2D eigenvalue weighted by Crippen LogP contribution is -2.38. The van der Waals surface area contributed by atoms with E-state index in [4.69, 9.17) is 14.5 Å². The highest BCUT2D eigenvalue weighted by atomic mass is 16.5. The monoisotopic (exact) mass is 427 g/mol. The van der Waals surface area contributed by atoms with Gasteiger partial charge >= 0.3 is 0 Å². The normalized spacial score (nSPS) is 15.8. The molecule has 0 spiro atoms. The van der Waals surface area contributed by atoms with Crippen LogP contribution >= 0.6 is 0 Å².